The lowest BCUT2D eigenvalue weighted by atomic mass is 9.93. The largest absolute Gasteiger partial charge is 0.309 e. The maximum absolute atomic E-state index is 10.2. The Kier molecular flexibility index (Phi) is 6.87. The van der Waals surface area contributed by atoms with Gasteiger partial charge in [-0.3, -0.25) is 0 Å². The summed E-state index contributed by atoms with van der Waals surface area (Å²) in [5.41, 5.74) is 14.0. The summed E-state index contributed by atoms with van der Waals surface area (Å²) in [5, 5.41) is 15.0. The molecule has 0 bridgehead atoms. The molecule has 3 nitrogen and oxygen atoms in total. The number of fused-ring (bicyclic) bond motifs is 6. The summed E-state index contributed by atoms with van der Waals surface area (Å²) in [5.74, 6) is 0. The third-order valence-corrected chi connectivity index (χ3v) is 10.3. The molecular formula is C49H31N3. The summed E-state index contributed by atoms with van der Waals surface area (Å²) >= 11 is 0. The standard InChI is InChI=1S/C49H31N3/c50-32-33-28-41(34-14-4-1-5-15-34)49(42(29-33)35-16-6-2-7-17-35)52-46-23-13-11-21-40(46)44-31-37(25-27-48(44)52)36-24-26-47-43(30-36)39-20-10-12-22-45(39)51(47)38-18-8-3-9-19-38/h1-31H. The molecule has 0 aliphatic heterocycles. The normalized spacial score (nSPS) is 11.4. The summed E-state index contributed by atoms with van der Waals surface area (Å²) in [7, 11) is 0. The molecule has 0 fully saturated rings. The summed E-state index contributed by atoms with van der Waals surface area (Å²) in [6.45, 7) is 0. The van der Waals surface area contributed by atoms with Gasteiger partial charge in [-0.1, -0.05) is 127 Å². The molecule has 10 rings (SSSR count). The highest BCUT2D eigenvalue weighted by Crippen LogP contribution is 2.43. The average molecular weight is 662 g/mol. The maximum Gasteiger partial charge on any atom is 0.0992 e. The zero-order valence-electron chi connectivity index (χ0n) is 28.2. The molecule has 2 heterocycles. The van der Waals surface area contributed by atoms with E-state index in [1.165, 1.54) is 43.7 Å². The number of aromatic nitrogens is 2. The summed E-state index contributed by atoms with van der Waals surface area (Å²) in [6, 6.07) is 69.0. The Morgan fingerprint density at radius 2 is 0.769 bits per heavy atom. The van der Waals surface area contributed by atoms with Gasteiger partial charge in [0.2, 0.25) is 0 Å². The SMILES string of the molecule is N#Cc1cc(-c2ccccc2)c(-n2c3ccccc3c3cc(-c4ccc5c(c4)c4ccccc4n5-c4ccccc4)ccc32)c(-c2ccccc2)c1. The number of para-hydroxylation sites is 3. The van der Waals surface area contributed by atoms with Crippen molar-refractivity contribution < 1.29 is 0 Å². The van der Waals surface area contributed by atoms with Gasteiger partial charge in [-0.05, 0) is 82.9 Å². The van der Waals surface area contributed by atoms with E-state index in [-0.39, 0.29) is 0 Å². The van der Waals surface area contributed by atoms with E-state index in [4.69, 9.17) is 0 Å². The maximum atomic E-state index is 10.2. The molecular weight excluding hydrogens is 631 g/mol. The van der Waals surface area contributed by atoms with Gasteiger partial charge in [0, 0.05) is 38.4 Å². The molecule has 0 aliphatic rings. The zero-order valence-corrected chi connectivity index (χ0v) is 28.2. The summed E-state index contributed by atoms with van der Waals surface area (Å²) in [4.78, 5) is 0. The fourth-order valence-electron chi connectivity index (χ4n) is 8.02. The Hall–Kier alpha value is -7.15. The lowest BCUT2D eigenvalue weighted by Crippen LogP contribution is -2.02. The van der Waals surface area contributed by atoms with Crippen molar-refractivity contribution in [3.05, 3.63) is 194 Å². The van der Waals surface area contributed by atoms with Crippen molar-refractivity contribution in [2.75, 3.05) is 0 Å². The van der Waals surface area contributed by atoms with Gasteiger partial charge in [0.05, 0.1) is 39.4 Å². The molecule has 0 radical (unpaired) electrons. The second kappa shape index (κ2) is 12.0. The van der Waals surface area contributed by atoms with Crippen molar-refractivity contribution in [2.45, 2.75) is 0 Å². The highest BCUT2D eigenvalue weighted by atomic mass is 15.0. The second-order valence-electron chi connectivity index (χ2n) is 13.3. The quantitative estimate of drug-likeness (QED) is 0.181. The monoisotopic (exact) mass is 661 g/mol. The van der Waals surface area contributed by atoms with E-state index in [0.29, 0.717) is 5.56 Å². The molecule has 0 saturated heterocycles. The van der Waals surface area contributed by atoms with Crippen molar-refractivity contribution in [1.29, 1.82) is 5.26 Å². The van der Waals surface area contributed by atoms with Gasteiger partial charge >= 0.3 is 0 Å². The first-order chi connectivity index (χ1) is 25.8. The van der Waals surface area contributed by atoms with E-state index in [9.17, 15) is 5.26 Å². The van der Waals surface area contributed by atoms with Gasteiger partial charge < -0.3 is 9.13 Å². The molecule has 8 aromatic carbocycles. The Bertz CT molecular complexity index is 2940. The first kappa shape index (κ1) is 29.7. The first-order valence-electron chi connectivity index (χ1n) is 17.6. The van der Waals surface area contributed by atoms with Gasteiger partial charge in [0.15, 0.2) is 0 Å². The molecule has 52 heavy (non-hydrogen) atoms. The van der Waals surface area contributed by atoms with Crippen molar-refractivity contribution in [3.63, 3.8) is 0 Å². The van der Waals surface area contributed by atoms with Crippen LogP contribution in [0.4, 0.5) is 0 Å². The molecule has 10 aromatic rings. The second-order valence-corrected chi connectivity index (χ2v) is 13.3. The predicted molar refractivity (Wildman–Crippen MR) is 216 cm³/mol. The minimum absolute atomic E-state index is 0.633. The highest BCUT2D eigenvalue weighted by molar-refractivity contribution is 6.13. The predicted octanol–water partition coefficient (Wildman–Crippen LogP) is 12.8. The van der Waals surface area contributed by atoms with E-state index >= 15 is 0 Å². The van der Waals surface area contributed by atoms with Crippen LogP contribution in [0.1, 0.15) is 5.56 Å². The molecule has 0 saturated carbocycles. The van der Waals surface area contributed by atoms with Gasteiger partial charge in [0.25, 0.3) is 0 Å². The molecule has 242 valence electrons. The van der Waals surface area contributed by atoms with Crippen LogP contribution in [0.15, 0.2) is 188 Å². The van der Waals surface area contributed by atoms with Crippen molar-refractivity contribution in [1.82, 2.24) is 9.13 Å². The molecule has 0 amide bonds. The Balaban J connectivity index is 1.23. The van der Waals surface area contributed by atoms with E-state index < -0.39 is 0 Å². The number of hydrogen-bond donors (Lipinski definition) is 0. The summed E-state index contributed by atoms with van der Waals surface area (Å²) < 4.78 is 4.76. The van der Waals surface area contributed by atoms with E-state index in [2.05, 4.69) is 179 Å². The van der Waals surface area contributed by atoms with Crippen LogP contribution in [-0.2, 0) is 0 Å². The lowest BCUT2D eigenvalue weighted by Gasteiger charge is -2.20. The van der Waals surface area contributed by atoms with Crippen LogP contribution in [0, 0.1) is 11.3 Å². The van der Waals surface area contributed by atoms with Crippen LogP contribution < -0.4 is 0 Å². The minimum atomic E-state index is 0.633. The van der Waals surface area contributed by atoms with E-state index in [0.717, 1.165) is 44.7 Å². The van der Waals surface area contributed by atoms with Crippen LogP contribution in [0.3, 0.4) is 0 Å². The third kappa shape index (κ3) is 4.66. The Morgan fingerprint density at radius 1 is 0.346 bits per heavy atom. The lowest BCUT2D eigenvalue weighted by molar-refractivity contribution is 1.18. The van der Waals surface area contributed by atoms with Crippen LogP contribution in [0.2, 0.25) is 0 Å². The molecule has 2 aromatic heterocycles. The zero-order chi connectivity index (χ0) is 34.6. The van der Waals surface area contributed by atoms with Gasteiger partial charge in [-0.25, -0.2) is 0 Å². The van der Waals surface area contributed by atoms with Crippen LogP contribution in [0.25, 0.3) is 88.4 Å². The van der Waals surface area contributed by atoms with Crippen molar-refractivity contribution >= 4 is 43.6 Å². The van der Waals surface area contributed by atoms with Crippen molar-refractivity contribution in [2.24, 2.45) is 0 Å². The van der Waals surface area contributed by atoms with Gasteiger partial charge in [-0.15, -0.1) is 0 Å². The Labute approximate surface area is 301 Å². The fraction of sp³-hybridized carbons (Fsp3) is 0. The number of nitriles is 1. The smallest absolute Gasteiger partial charge is 0.0992 e. The van der Waals surface area contributed by atoms with E-state index in [1.807, 2.05) is 24.3 Å². The molecule has 0 spiro atoms. The molecule has 3 heteroatoms. The first-order valence-corrected chi connectivity index (χ1v) is 17.6. The van der Waals surface area contributed by atoms with Gasteiger partial charge in [0.1, 0.15) is 0 Å². The van der Waals surface area contributed by atoms with Gasteiger partial charge in [-0.2, -0.15) is 5.26 Å². The number of rotatable bonds is 5. The third-order valence-electron chi connectivity index (χ3n) is 10.3. The highest BCUT2D eigenvalue weighted by Gasteiger charge is 2.22. The van der Waals surface area contributed by atoms with Crippen LogP contribution in [0.5, 0.6) is 0 Å². The van der Waals surface area contributed by atoms with E-state index in [1.54, 1.807) is 0 Å². The van der Waals surface area contributed by atoms with Crippen LogP contribution >= 0.6 is 0 Å². The topological polar surface area (TPSA) is 33.6 Å². The number of hydrogen-bond acceptors (Lipinski definition) is 1. The molecule has 0 atom stereocenters. The summed E-state index contributed by atoms with van der Waals surface area (Å²) in [6.07, 6.45) is 0. The average Bonchev–Trinajstić information content (AvgIpc) is 3.73. The molecule has 0 N–H and O–H groups in total. The number of benzene rings is 8. The number of nitrogens with zero attached hydrogens (tertiary/aromatic N) is 3. The van der Waals surface area contributed by atoms with Crippen molar-refractivity contribution in [3.8, 4) is 50.8 Å². The minimum Gasteiger partial charge on any atom is -0.309 e. The molecule has 0 aliphatic carbocycles. The molecule has 0 unspecified atom stereocenters. The Morgan fingerprint density at radius 3 is 1.29 bits per heavy atom. The fourth-order valence-corrected chi connectivity index (χ4v) is 8.02. The van der Waals surface area contributed by atoms with Crippen LogP contribution in [-0.4, -0.2) is 9.13 Å².